The van der Waals surface area contributed by atoms with Gasteiger partial charge in [0.2, 0.25) is 0 Å². The molecule has 1 aliphatic heterocycles. The van der Waals surface area contributed by atoms with E-state index >= 15 is 0 Å². The van der Waals surface area contributed by atoms with Crippen LogP contribution in [0.15, 0.2) is 11.6 Å². The molecular formula is C9H15ClN2. The fraction of sp³-hybridized carbons (Fsp3) is 0.667. The highest BCUT2D eigenvalue weighted by Gasteiger charge is 2.01. The van der Waals surface area contributed by atoms with E-state index in [0.717, 1.165) is 19.5 Å². The van der Waals surface area contributed by atoms with Crippen molar-refractivity contribution in [1.82, 2.24) is 5.32 Å². The Labute approximate surface area is 80.1 Å². The second-order valence-electron chi connectivity index (χ2n) is 2.83. The number of halogens is 1. The molecule has 0 radical (unpaired) electrons. The van der Waals surface area contributed by atoms with E-state index in [2.05, 4.69) is 17.5 Å². The Bertz CT molecular complexity index is 171. The van der Waals surface area contributed by atoms with Crippen LogP contribution in [0, 0.1) is 11.3 Å². The monoisotopic (exact) mass is 186 g/mol. The maximum atomic E-state index is 8.36. The van der Waals surface area contributed by atoms with Gasteiger partial charge in [0.25, 0.3) is 0 Å². The van der Waals surface area contributed by atoms with Crippen molar-refractivity contribution in [2.75, 3.05) is 13.1 Å². The normalized spacial score (nSPS) is 20.8. The summed E-state index contributed by atoms with van der Waals surface area (Å²) in [4.78, 5) is 0. The van der Waals surface area contributed by atoms with E-state index in [1.165, 1.54) is 18.4 Å². The zero-order valence-electron chi connectivity index (χ0n) is 7.18. The molecule has 1 saturated heterocycles. The molecule has 1 aliphatic rings. The second-order valence-corrected chi connectivity index (χ2v) is 2.83. The van der Waals surface area contributed by atoms with Crippen molar-refractivity contribution in [2.45, 2.75) is 25.7 Å². The molecule has 12 heavy (non-hydrogen) atoms. The van der Waals surface area contributed by atoms with E-state index < -0.39 is 0 Å². The highest BCUT2D eigenvalue weighted by atomic mass is 35.5. The lowest BCUT2D eigenvalue weighted by atomic mass is 10.1. The molecule has 0 aliphatic carbocycles. The highest BCUT2D eigenvalue weighted by molar-refractivity contribution is 5.85. The number of nitrogens with zero attached hydrogens (tertiary/aromatic N) is 1. The van der Waals surface area contributed by atoms with Crippen LogP contribution in [0.1, 0.15) is 25.7 Å². The van der Waals surface area contributed by atoms with Crippen molar-refractivity contribution in [3.8, 4) is 6.07 Å². The highest BCUT2D eigenvalue weighted by Crippen LogP contribution is 2.12. The van der Waals surface area contributed by atoms with Crippen LogP contribution in [-0.2, 0) is 0 Å². The molecular weight excluding hydrogens is 172 g/mol. The lowest BCUT2D eigenvalue weighted by Crippen LogP contribution is -2.13. The molecule has 1 fully saturated rings. The van der Waals surface area contributed by atoms with Crippen molar-refractivity contribution < 1.29 is 0 Å². The Morgan fingerprint density at radius 3 is 3.00 bits per heavy atom. The fourth-order valence-electron chi connectivity index (χ4n) is 1.33. The lowest BCUT2D eigenvalue weighted by molar-refractivity contribution is 0.703. The van der Waals surface area contributed by atoms with Gasteiger partial charge in [-0.2, -0.15) is 5.26 Å². The first-order valence-electron chi connectivity index (χ1n) is 4.19. The summed E-state index contributed by atoms with van der Waals surface area (Å²) in [6.07, 6.45) is 6.18. The van der Waals surface area contributed by atoms with Crippen LogP contribution in [0.2, 0.25) is 0 Å². The van der Waals surface area contributed by atoms with Crippen LogP contribution in [0.5, 0.6) is 0 Å². The third kappa shape index (κ3) is 4.38. The van der Waals surface area contributed by atoms with Gasteiger partial charge in [-0.1, -0.05) is 11.6 Å². The Morgan fingerprint density at radius 1 is 1.42 bits per heavy atom. The first-order chi connectivity index (χ1) is 5.43. The number of hydrogen-bond donors (Lipinski definition) is 1. The van der Waals surface area contributed by atoms with Crippen LogP contribution in [0.4, 0.5) is 0 Å². The van der Waals surface area contributed by atoms with Gasteiger partial charge in [0.15, 0.2) is 0 Å². The van der Waals surface area contributed by atoms with E-state index in [9.17, 15) is 0 Å². The van der Waals surface area contributed by atoms with Crippen LogP contribution >= 0.6 is 12.4 Å². The van der Waals surface area contributed by atoms with Crippen molar-refractivity contribution in [3.63, 3.8) is 0 Å². The molecule has 0 saturated carbocycles. The molecule has 0 atom stereocenters. The second kappa shape index (κ2) is 7.15. The van der Waals surface area contributed by atoms with Crippen LogP contribution in [0.25, 0.3) is 0 Å². The SMILES string of the molecule is Cl.N#CC/C=C1/CCCNCC1. The zero-order chi connectivity index (χ0) is 7.94. The summed E-state index contributed by atoms with van der Waals surface area (Å²) >= 11 is 0. The van der Waals surface area contributed by atoms with Gasteiger partial charge < -0.3 is 5.32 Å². The van der Waals surface area contributed by atoms with Gasteiger partial charge >= 0.3 is 0 Å². The molecule has 0 amide bonds. The molecule has 3 heteroatoms. The number of allylic oxidation sites excluding steroid dienone is 1. The summed E-state index contributed by atoms with van der Waals surface area (Å²) < 4.78 is 0. The first-order valence-corrected chi connectivity index (χ1v) is 4.19. The van der Waals surface area contributed by atoms with Crippen molar-refractivity contribution in [1.29, 1.82) is 5.26 Å². The molecule has 1 N–H and O–H groups in total. The van der Waals surface area contributed by atoms with Gasteiger partial charge in [-0.15, -0.1) is 12.4 Å². The van der Waals surface area contributed by atoms with Crippen LogP contribution in [0.3, 0.4) is 0 Å². The Kier molecular flexibility index (Phi) is 6.84. The number of nitrogens with one attached hydrogen (secondary N) is 1. The zero-order valence-corrected chi connectivity index (χ0v) is 7.99. The molecule has 0 aromatic heterocycles. The third-order valence-corrected chi connectivity index (χ3v) is 1.96. The standard InChI is InChI=1S/C9H14N2.ClH/c10-6-1-3-9-4-2-7-11-8-5-9;/h3,11H,1-2,4-5,7-8H2;1H/b9-3-;. The fourth-order valence-corrected chi connectivity index (χ4v) is 1.33. The summed E-state index contributed by atoms with van der Waals surface area (Å²) in [5, 5.41) is 11.7. The average molecular weight is 187 g/mol. The molecule has 0 bridgehead atoms. The van der Waals surface area contributed by atoms with Crippen molar-refractivity contribution in [3.05, 3.63) is 11.6 Å². The molecule has 0 spiro atoms. The molecule has 68 valence electrons. The molecule has 0 aromatic carbocycles. The topological polar surface area (TPSA) is 35.8 Å². The van der Waals surface area contributed by atoms with Crippen LogP contribution < -0.4 is 5.32 Å². The van der Waals surface area contributed by atoms with E-state index in [4.69, 9.17) is 5.26 Å². The third-order valence-electron chi connectivity index (χ3n) is 1.96. The Hall–Kier alpha value is -0.520. The summed E-state index contributed by atoms with van der Waals surface area (Å²) in [6, 6.07) is 2.14. The summed E-state index contributed by atoms with van der Waals surface area (Å²) in [5.74, 6) is 0. The Morgan fingerprint density at radius 2 is 2.25 bits per heavy atom. The van der Waals surface area contributed by atoms with E-state index in [1.807, 2.05) is 0 Å². The van der Waals surface area contributed by atoms with Gasteiger partial charge in [-0.25, -0.2) is 0 Å². The van der Waals surface area contributed by atoms with Crippen LogP contribution in [-0.4, -0.2) is 13.1 Å². The van der Waals surface area contributed by atoms with E-state index in [0.29, 0.717) is 6.42 Å². The minimum absolute atomic E-state index is 0. The smallest absolute Gasteiger partial charge is 0.0663 e. The summed E-state index contributed by atoms with van der Waals surface area (Å²) in [5.41, 5.74) is 1.46. The number of nitriles is 1. The molecule has 0 unspecified atom stereocenters. The summed E-state index contributed by atoms with van der Waals surface area (Å²) in [6.45, 7) is 2.21. The molecule has 0 aromatic rings. The van der Waals surface area contributed by atoms with Gasteiger partial charge in [0.1, 0.15) is 0 Å². The minimum atomic E-state index is 0. The largest absolute Gasteiger partial charge is 0.316 e. The maximum absolute atomic E-state index is 8.36. The molecule has 1 rings (SSSR count). The van der Waals surface area contributed by atoms with E-state index in [1.54, 1.807) is 0 Å². The Balaban J connectivity index is 0.00000121. The van der Waals surface area contributed by atoms with Gasteiger partial charge in [0.05, 0.1) is 12.5 Å². The predicted octanol–water partition coefficient (Wildman–Crippen LogP) is 2.02. The van der Waals surface area contributed by atoms with Gasteiger partial charge in [-0.05, 0) is 32.4 Å². The van der Waals surface area contributed by atoms with Crippen molar-refractivity contribution in [2.24, 2.45) is 0 Å². The predicted molar refractivity (Wildman–Crippen MR) is 52.3 cm³/mol. The first kappa shape index (κ1) is 11.5. The van der Waals surface area contributed by atoms with E-state index in [-0.39, 0.29) is 12.4 Å². The van der Waals surface area contributed by atoms with Gasteiger partial charge in [0, 0.05) is 0 Å². The van der Waals surface area contributed by atoms with Crippen molar-refractivity contribution >= 4 is 12.4 Å². The minimum Gasteiger partial charge on any atom is -0.316 e. The summed E-state index contributed by atoms with van der Waals surface area (Å²) in [7, 11) is 0. The molecule has 1 heterocycles. The molecule has 2 nitrogen and oxygen atoms in total. The average Bonchev–Trinajstić information content (AvgIpc) is 2.28. The number of rotatable bonds is 1. The maximum Gasteiger partial charge on any atom is 0.0663 e. The van der Waals surface area contributed by atoms with Gasteiger partial charge in [-0.3, -0.25) is 0 Å². The quantitative estimate of drug-likeness (QED) is 0.637. The number of hydrogen-bond acceptors (Lipinski definition) is 2. The lowest BCUT2D eigenvalue weighted by Gasteiger charge is -1.98.